The molecule has 4 heteroatoms. The van der Waals surface area contributed by atoms with Crippen LogP contribution < -0.4 is 10.1 Å². The molecule has 0 spiro atoms. The first-order valence-electron chi connectivity index (χ1n) is 7.96. The first-order chi connectivity index (χ1) is 11.4. The van der Waals surface area contributed by atoms with E-state index in [2.05, 4.69) is 5.32 Å². The van der Waals surface area contributed by atoms with Crippen LogP contribution in [0, 0.1) is 20.8 Å². The van der Waals surface area contributed by atoms with Gasteiger partial charge in [0.1, 0.15) is 5.75 Å². The van der Waals surface area contributed by atoms with E-state index in [1.165, 1.54) is 7.11 Å². The van der Waals surface area contributed by atoms with Gasteiger partial charge in [-0.15, -0.1) is 0 Å². The van der Waals surface area contributed by atoms with E-state index in [4.69, 9.17) is 4.74 Å². The molecule has 0 saturated carbocycles. The fourth-order valence-electron chi connectivity index (χ4n) is 2.62. The van der Waals surface area contributed by atoms with Crippen LogP contribution in [0.4, 0.5) is 5.69 Å². The number of ether oxygens (including phenoxy) is 1. The fraction of sp³-hybridized carbons (Fsp3) is 0.300. The second kappa shape index (κ2) is 7.77. The molecule has 0 aliphatic carbocycles. The molecule has 0 bridgehead atoms. The second-order valence-corrected chi connectivity index (χ2v) is 5.94. The van der Waals surface area contributed by atoms with E-state index in [-0.39, 0.29) is 24.5 Å². The summed E-state index contributed by atoms with van der Waals surface area (Å²) in [6, 6.07) is 11.3. The Labute approximate surface area is 142 Å². The van der Waals surface area contributed by atoms with Crippen molar-refractivity contribution in [1.29, 1.82) is 0 Å². The van der Waals surface area contributed by atoms with E-state index < -0.39 is 0 Å². The number of para-hydroxylation sites is 1. The summed E-state index contributed by atoms with van der Waals surface area (Å²) >= 11 is 0. The number of aryl methyl sites for hydroxylation is 3. The number of anilines is 1. The minimum Gasteiger partial charge on any atom is -0.496 e. The summed E-state index contributed by atoms with van der Waals surface area (Å²) < 4.78 is 5.23. The monoisotopic (exact) mass is 325 g/mol. The number of carbonyl (C=O) groups is 2. The summed E-state index contributed by atoms with van der Waals surface area (Å²) in [5.41, 5.74) is 4.35. The lowest BCUT2D eigenvalue weighted by Gasteiger charge is -2.12. The Kier molecular flexibility index (Phi) is 5.74. The van der Waals surface area contributed by atoms with Gasteiger partial charge in [-0.25, -0.2) is 0 Å². The number of Topliss-reactive ketones (excluding diaryl/α,β-unsaturated/α-hetero) is 1. The minimum absolute atomic E-state index is 0.0906. The van der Waals surface area contributed by atoms with Crippen LogP contribution in [0.3, 0.4) is 0 Å². The summed E-state index contributed by atoms with van der Waals surface area (Å²) in [5.74, 6) is 0.292. The number of hydrogen-bond donors (Lipinski definition) is 1. The summed E-state index contributed by atoms with van der Waals surface area (Å²) in [5, 5.41) is 2.90. The molecule has 0 radical (unpaired) electrons. The smallest absolute Gasteiger partial charge is 0.224 e. The highest BCUT2D eigenvalue weighted by atomic mass is 16.5. The van der Waals surface area contributed by atoms with Crippen molar-refractivity contribution in [3.05, 3.63) is 58.7 Å². The van der Waals surface area contributed by atoms with Crippen molar-refractivity contribution in [2.24, 2.45) is 0 Å². The van der Waals surface area contributed by atoms with Crippen molar-refractivity contribution in [2.75, 3.05) is 12.4 Å². The van der Waals surface area contributed by atoms with E-state index in [1.54, 1.807) is 12.1 Å². The summed E-state index contributed by atoms with van der Waals surface area (Å²) in [4.78, 5) is 24.6. The molecule has 1 N–H and O–H groups in total. The molecule has 2 aromatic rings. The molecule has 0 unspecified atom stereocenters. The SMILES string of the molecule is COc1ccc(C)cc1C(=O)CCC(=O)Nc1c(C)cccc1C. The number of methoxy groups -OCH3 is 1. The van der Waals surface area contributed by atoms with Gasteiger partial charge in [-0.2, -0.15) is 0 Å². The standard InChI is InChI=1S/C20H23NO3/c1-13-8-10-18(24-4)16(12-13)17(22)9-11-19(23)21-20-14(2)6-5-7-15(20)3/h5-8,10,12H,9,11H2,1-4H3,(H,21,23). The van der Waals surface area contributed by atoms with Crippen LogP contribution in [0.25, 0.3) is 0 Å². The van der Waals surface area contributed by atoms with Crippen LogP contribution in [-0.2, 0) is 4.79 Å². The maximum absolute atomic E-state index is 12.4. The van der Waals surface area contributed by atoms with Gasteiger partial charge in [0.25, 0.3) is 0 Å². The molecule has 0 saturated heterocycles. The molecule has 0 fully saturated rings. The Morgan fingerprint density at radius 2 is 1.67 bits per heavy atom. The average molecular weight is 325 g/mol. The Morgan fingerprint density at radius 3 is 2.29 bits per heavy atom. The lowest BCUT2D eigenvalue weighted by Crippen LogP contribution is -2.15. The molecule has 0 aliphatic rings. The van der Waals surface area contributed by atoms with Crippen LogP contribution in [-0.4, -0.2) is 18.8 Å². The van der Waals surface area contributed by atoms with Crippen molar-refractivity contribution in [3.63, 3.8) is 0 Å². The van der Waals surface area contributed by atoms with Gasteiger partial charge in [-0.1, -0.05) is 29.8 Å². The zero-order chi connectivity index (χ0) is 17.7. The van der Waals surface area contributed by atoms with Gasteiger partial charge in [-0.05, 0) is 44.0 Å². The molecule has 2 rings (SSSR count). The maximum Gasteiger partial charge on any atom is 0.224 e. The third-order valence-corrected chi connectivity index (χ3v) is 3.98. The van der Waals surface area contributed by atoms with E-state index in [0.29, 0.717) is 11.3 Å². The highest BCUT2D eigenvalue weighted by Gasteiger charge is 2.15. The quantitative estimate of drug-likeness (QED) is 0.809. The molecular weight excluding hydrogens is 302 g/mol. The zero-order valence-corrected chi connectivity index (χ0v) is 14.6. The van der Waals surface area contributed by atoms with Gasteiger partial charge < -0.3 is 10.1 Å². The van der Waals surface area contributed by atoms with Crippen molar-refractivity contribution in [1.82, 2.24) is 0 Å². The molecular formula is C20H23NO3. The van der Waals surface area contributed by atoms with Crippen LogP contribution in [0.5, 0.6) is 5.75 Å². The van der Waals surface area contributed by atoms with Gasteiger partial charge >= 0.3 is 0 Å². The molecule has 0 heterocycles. The van der Waals surface area contributed by atoms with Crippen molar-refractivity contribution < 1.29 is 14.3 Å². The minimum atomic E-state index is -0.160. The van der Waals surface area contributed by atoms with Crippen LogP contribution in [0.2, 0.25) is 0 Å². The Hall–Kier alpha value is -2.62. The molecule has 0 aliphatic heterocycles. The predicted molar refractivity (Wildman–Crippen MR) is 95.8 cm³/mol. The molecule has 4 nitrogen and oxygen atoms in total. The molecule has 24 heavy (non-hydrogen) atoms. The van der Waals surface area contributed by atoms with Gasteiger partial charge in [0.05, 0.1) is 12.7 Å². The fourth-order valence-corrected chi connectivity index (χ4v) is 2.62. The lowest BCUT2D eigenvalue weighted by atomic mass is 10.0. The van der Waals surface area contributed by atoms with Gasteiger partial charge in [0.15, 0.2) is 5.78 Å². The highest BCUT2D eigenvalue weighted by Crippen LogP contribution is 2.23. The Bertz CT molecular complexity index is 745. The third kappa shape index (κ3) is 4.22. The molecule has 2 aromatic carbocycles. The van der Waals surface area contributed by atoms with Crippen LogP contribution in [0.15, 0.2) is 36.4 Å². The number of carbonyl (C=O) groups excluding carboxylic acids is 2. The zero-order valence-electron chi connectivity index (χ0n) is 14.6. The van der Waals surface area contributed by atoms with Gasteiger partial charge in [-0.3, -0.25) is 9.59 Å². The second-order valence-electron chi connectivity index (χ2n) is 5.94. The van der Waals surface area contributed by atoms with E-state index >= 15 is 0 Å². The maximum atomic E-state index is 12.4. The van der Waals surface area contributed by atoms with Gasteiger partial charge in [0, 0.05) is 18.5 Å². The number of benzene rings is 2. The van der Waals surface area contributed by atoms with Crippen LogP contribution >= 0.6 is 0 Å². The third-order valence-electron chi connectivity index (χ3n) is 3.98. The lowest BCUT2D eigenvalue weighted by molar-refractivity contribution is -0.116. The predicted octanol–water partition coefficient (Wildman–Crippen LogP) is 4.22. The van der Waals surface area contributed by atoms with Crippen molar-refractivity contribution >= 4 is 17.4 Å². The molecule has 126 valence electrons. The van der Waals surface area contributed by atoms with Crippen LogP contribution in [0.1, 0.15) is 39.9 Å². The Balaban J connectivity index is 2.02. The normalized spacial score (nSPS) is 10.3. The largest absolute Gasteiger partial charge is 0.496 e. The van der Waals surface area contributed by atoms with E-state index in [0.717, 1.165) is 22.4 Å². The molecule has 1 amide bonds. The highest BCUT2D eigenvalue weighted by molar-refractivity contribution is 6.02. The first-order valence-corrected chi connectivity index (χ1v) is 7.96. The van der Waals surface area contributed by atoms with Crippen molar-refractivity contribution in [3.8, 4) is 5.75 Å². The topological polar surface area (TPSA) is 55.4 Å². The number of rotatable bonds is 6. The first kappa shape index (κ1) is 17.7. The summed E-state index contributed by atoms with van der Waals surface area (Å²) in [6.45, 7) is 5.82. The number of ketones is 1. The molecule has 0 atom stereocenters. The van der Waals surface area contributed by atoms with E-state index in [1.807, 2.05) is 45.0 Å². The number of hydrogen-bond acceptors (Lipinski definition) is 3. The van der Waals surface area contributed by atoms with E-state index in [9.17, 15) is 9.59 Å². The van der Waals surface area contributed by atoms with Crippen molar-refractivity contribution in [2.45, 2.75) is 33.6 Å². The summed E-state index contributed by atoms with van der Waals surface area (Å²) in [7, 11) is 1.54. The van der Waals surface area contributed by atoms with Gasteiger partial charge in [0.2, 0.25) is 5.91 Å². The molecule has 0 aromatic heterocycles. The summed E-state index contributed by atoms with van der Waals surface area (Å²) in [6.07, 6.45) is 0.292. The number of nitrogens with one attached hydrogen (secondary N) is 1. The average Bonchev–Trinajstić information content (AvgIpc) is 2.56. The number of amides is 1. The Morgan fingerprint density at radius 1 is 1.00 bits per heavy atom.